The second-order valence-electron chi connectivity index (χ2n) is 3.31. The van der Waals surface area contributed by atoms with Crippen LogP contribution in [0.5, 0.6) is 0 Å². The van der Waals surface area contributed by atoms with E-state index in [-0.39, 0.29) is 11.0 Å². The fourth-order valence-electron chi connectivity index (χ4n) is 0.802. The van der Waals surface area contributed by atoms with Crippen molar-refractivity contribution in [1.82, 2.24) is 5.32 Å². The maximum absolute atomic E-state index is 11.3. The minimum absolute atomic E-state index is 0.217. The van der Waals surface area contributed by atoms with Crippen LogP contribution in [-0.2, 0) is 9.84 Å². The van der Waals surface area contributed by atoms with E-state index in [9.17, 15) is 8.42 Å². The van der Waals surface area contributed by atoms with Gasteiger partial charge in [0.1, 0.15) is 0 Å². The fourth-order valence-corrected chi connectivity index (χ4v) is 1.70. The van der Waals surface area contributed by atoms with E-state index in [1.807, 2.05) is 0 Å². The number of sulfone groups is 1. The van der Waals surface area contributed by atoms with E-state index >= 15 is 0 Å². The van der Waals surface area contributed by atoms with E-state index < -0.39 is 9.84 Å². The first kappa shape index (κ1) is 12.9. The molecule has 0 unspecified atom stereocenters. The zero-order valence-electron chi connectivity index (χ0n) is 8.41. The van der Waals surface area contributed by atoms with Crippen LogP contribution in [0.1, 0.15) is 20.3 Å². The lowest BCUT2D eigenvalue weighted by molar-refractivity contribution is 0.581. The molecule has 4 nitrogen and oxygen atoms in total. The van der Waals surface area contributed by atoms with E-state index in [0.717, 1.165) is 13.0 Å². The largest absolute Gasteiger partial charge is 0.330 e. The van der Waals surface area contributed by atoms with Crippen molar-refractivity contribution in [3.63, 3.8) is 0 Å². The SMILES string of the molecule is CC(C)S(=O)(=O)CCNCCCN. The lowest BCUT2D eigenvalue weighted by Crippen LogP contribution is -2.28. The predicted octanol–water partition coefficient (Wildman–Crippen LogP) is -0.252. The average Bonchev–Trinajstić information content (AvgIpc) is 2.03. The van der Waals surface area contributed by atoms with E-state index in [2.05, 4.69) is 5.32 Å². The van der Waals surface area contributed by atoms with Gasteiger partial charge in [-0.25, -0.2) is 8.42 Å². The van der Waals surface area contributed by atoms with Gasteiger partial charge in [0.2, 0.25) is 0 Å². The molecule has 0 spiro atoms. The van der Waals surface area contributed by atoms with Crippen LogP contribution >= 0.6 is 0 Å². The monoisotopic (exact) mass is 208 g/mol. The van der Waals surface area contributed by atoms with Crippen LogP contribution in [-0.4, -0.2) is 39.1 Å². The molecule has 0 aromatic rings. The van der Waals surface area contributed by atoms with Gasteiger partial charge in [-0.15, -0.1) is 0 Å². The molecule has 0 fully saturated rings. The van der Waals surface area contributed by atoms with E-state index in [0.29, 0.717) is 13.1 Å². The molecule has 0 aromatic heterocycles. The lowest BCUT2D eigenvalue weighted by Gasteiger charge is -2.07. The molecule has 0 aliphatic rings. The van der Waals surface area contributed by atoms with Crippen LogP contribution in [0.3, 0.4) is 0 Å². The van der Waals surface area contributed by atoms with Gasteiger partial charge >= 0.3 is 0 Å². The standard InChI is InChI=1S/C8H20N2O2S/c1-8(2)13(11,12)7-6-10-5-3-4-9/h8,10H,3-7,9H2,1-2H3. The lowest BCUT2D eigenvalue weighted by atomic mass is 10.4. The normalized spacial score (nSPS) is 12.3. The topological polar surface area (TPSA) is 72.2 Å². The Morgan fingerprint density at radius 1 is 1.31 bits per heavy atom. The predicted molar refractivity (Wildman–Crippen MR) is 55.5 cm³/mol. The number of hydrogen-bond acceptors (Lipinski definition) is 4. The second-order valence-corrected chi connectivity index (χ2v) is 5.98. The third-order valence-electron chi connectivity index (χ3n) is 1.84. The summed E-state index contributed by atoms with van der Waals surface area (Å²) in [5, 5.41) is 2.76. The van der Waals surface area contributed by atoms with Crippen molar-refractivity contribution in [3.8, 4) is 0 Å². The molecule has 80 valence electrons. The maximum Gasteiger partial charge on any atom is 0.153 e. The highest BCUT2D eigenvalue weighted by molar-refractivity contribution is 7.92. The first-order valence-corrected chi connectivity index (χ1v) is 6.34. The summed E-state index contributed by atoms with van der Waals surface area (Å²) in [6, 6.07) is 0. The summed E-state index contributed by atoms with van der Waals surface area (Å²) in [6.07, 6.45) is 0.891. The van der Waals surface area contributed by atoms with Gasteiger partial charge in [0.05, 0.1) is 11.0 Å². The summed E-state index contributed by atoms with van der Waals surface area (Å²) in [5.74, 6) is 0.217. The Balaban J connectivity index is 3.53. The highest BCUT2D eigenvalue weighted by Crippen LogP contribution is 1.98. The molecule has 0 heterocycles. The summed E-state index contributed by atoms with van der Waals surface area (Å²) in [4.78, 5) is 0. The van der Waals surface area contributed by atoms with Gasteiger partial charge in [-0.2, -0.15) is 0 Å². The summed E-state index contributed by atoms with van der Waals surface area (Å²) in [5.41, 5.74) is 5.29. The summed E-state index contributed by atoms with van der Waals surface area (Å²) >= 11 is 0. The highest BCUT2D eigenvalue weighted by Gasteiger charge is 2.14. The molecular formula is C8H20N2O2S. The Kier molecular flexibility index (Phi) is 6.28. The Morgan fingerprint density at radius 2 is 1.92 bits per heavy atom. The van der Waals surface area contributed by atoms with Gasteiger partial charge in [-0.1, -0.05) is 0 Å². The molecule has 0 aromatic carbocycles. The van der Waals surface area contributed by atoms with Crippen molar-refractivity contribution in [2.45, 2.75) is 25.5 Å². The Labute approximate surface area is 80.8 Å². The summed E-state index contributed by atoms with van der Waals surface area (Å²) in [6.45, 7) is 5.37. The third kappa shape index (κ3) is 6.01. The van der Waals surface area contributed by atoms with Crippen molar-refractivity contribution < 1.29 is 8.42 Å². The van der Waals surface area contributed by atoms with Gasteiger partial charge < -0.3 is 11.1 Å². The molecule has 0 aliphatic carbocycles. The molecule has 0 saturated carbocycles. The molecule has 0 rings (SSSR count). The van der Waals surface area contributed by atoms with Gasteiger partial charge in [-0.3, -0.25) is 0 Å². The van der Waals surface area contributed by atoms with Crippen LogP contribution in [0, 0.1) is 0 Å². The Hall–Kier alpha value is -0.130. The molecule has 13 heavy (non-hydrogen) atoms. The molecule has 0 bridgehead atoms. The quantitative estimate of drug-likeness (QED) is 0.566. The van der Waals surface area contributed by atoms with Gasteiger partial charge in [0, 0.05) is 6.54 Å². The van der Waals surface area contributed by atoms with Crippen LogP contribution in [0.15, 0.2) is 0 Å². The molecular weight excluding hydrogens is 188 g/mol. The van der Waals surface area contributed by atoms with Crippen molar-refractivity contribution in [3.05, 3.63) is 0 Å². The van der Waals surface area contributed by atoms with Crippen molar-refractivity contribution in [2.24, 2.45) is 5.73 Å². The Bertz CT molecular complexity index is 212. The summed E-state index contributed by atoms with van der Waals surface area (Å²) < 4.78 is 22.6. The molecule has 3 N–H and O–H groups in total. The van der Waals surface area contributed by atoms with E-state index in [1.54, 1.807) is 13.8 Å². The fraction of sp³-hybridized carbons (Fsp3) is 1.00. The van der Waals surface area contributed by atoms with Crippen molar-refractivity contribution in [1.29, 1.82) is 0 Å². The zero-order chi connectivity index (χ0) is 10.3. The number of nitrogens with two attached hydrogens (primary N) is 1. The molecule has 0 radical (unpaired) electrons. The average molecular weight is 208 g/mol. The number of nitrogens with one attached hydrogen (secondary N) is 1. The van der Waals surface area contributed by atoms with Gasteiger partial charge in [0.15, 0.2) is 9.84 Å². The molecule has 0 saturated heterocycles. The smallest absolute Gasteiger partial charge is 0.153 e. The molecule has 5 heteroatoms. The first-order chi connectivity index (χ1) is 6.00. The Morgan fingerprint density at radius 3 is 2.38 bits per heavy atom. The summed E-state index contributed by atoms with van der Waals surface area (Å²) in [7, 11) is -2.88. The molecule has 0 aliphatic heterocycles. The van der Waals surface area contributed by atoms with Crippen LogP contribution in [0.4, 0.5) is 0 Å². The first-order valence-electron chi connectivity index (χ1n) is 4.63. The highest BCUT2D eigenvalue weighted by atomic mass is 32.2. The van der Waals surface area contributed by atoms with E-state index in [1.165, 1.54) is 0 Å². The molecule has 0 atom stereocenters. The minimum atomic E-state index is -2.88. The van der Waals surface area contributed by atoms with Crippen molar-refractivity contribution >= 4 is 9.84 Å². The van der Waals surface area contributed by atoms with Gasteiger partial charge in [0.25, 0.3) is 0 Å². The van der Waals surface area contributed by atoms with E-state index in [4.69, 9.17) is 5.73 Å². The zero-order valence-corrected chi connectivity index (χ0v) is 9.23. The maximum atomic E-state index is 11.3. The third-order valence-corrected chi connectivity index (χ3v) is 4.05. The molecule has 0 amide bonds. The second kappa shape index (κ2) is 6.34. The van der Waals surface area contributed by atoms with Crippen LogP contribution < -0.4 is 11.1 Å². The minimum Gasteiger partial charge on any atom is -0.330 e. The van der Waals surface area contributed by atoms with Gasteiger partial charge in [-0.05, 0) is 33.4 Å². The van der Waals surface area contributed by atoms with Crippen LogP contribution in [0.25, 0.3) is 0 Å². The number of hydrogen-bond donors (Lipinski definition) is 2. The van der Waals surface area contributed by atoms with Crippen LogP contribution in [0.2, 0.25) is 0 Å². The number of rotatable bonds is 7. The van der Waals surface area contributed by atoms with Crippen molar-refractivity contribution in [2.75, 3.05) is 25.4 Å².